The third kappa shape index (κ3) is 2.59. The molecule has 0 aliphatic carbocycles. The molecule has 1 aromatic rings. The molecule has 2 nitrogen and oxygen atoms in total. The van der Waals surface area contributed by atoms with Crippen LogP contribution in [0.3, 0.4) is 0 Å². The van der Waals surface area contributed by atoms with Gasteiger partial charge in [0, 0.05) is 28.9 Å². The van der Waals surface area contributed by atoms with Gasteiger partial charge in [-0.2, -0.15) is 0 Å². The quantitative estimate of drug-likeness (QED) is 0.884. The van der Waals surface area contributed by atoms with Crippen molar-refractivity contribution >= 4 is 22.9 Å². The first kappa shape index (κ1) is 15.4. The van der Waals surface area contributed by atoms with E-state index in [1.807, 2.05) is 7.05 Å². The molecular weight excluding hydrogens is 268 g/mol. The zero-order valence-electron chi connectivity index (χ0n) is 13.3. The van der Waals surface area contributed by atoms with Gasteiger partial charge < -0.3 is 10.2 Å². The smallest absolute Gasteiger partial charge is 0.0537 e. The number of fused-ring (bicyclic) bond motifs is 1. The lowest BCUT2D eigenvalue weighted by molar-refractivity contribution is 0.507. The highest BCUT2D eigenvalue weighted by Crippen LogP contribution is 2.42. The molecule has 0 spiro atoms. The predicted molar refractivity (Wildman–Crippen MR) is 89.6 cm³/mol. The molecule has 20 heavy (non-hydrogen) atoms. The molecule has 0 saturated carbocycles. The molecule has 110 valence electrons. The monoisotopic (exact) mass is 292 g/mol. The van der Waals surface area contributed by atoms with Crippen molar-refractivity contribution in [3.63, 3.8) is 0 Å². The Morgan fingerprint density at radius 3 is 2.50 bits per heavy atom. The SMILES string of the molecule is CNCc1cc2c(cc1Cl)N(C(C)C)C(C)(C)C=C2C. The van der Waals surface area contributed by atoms with Crippen molar-refractivity contribution in [3.8, 4) is 0 Å². The minimum atomic E-state index is 0.0130. The molecule has 0 radical (unpaired) electrons. The molecule has 1 heterocycles. The highest BCUT2D eigenvalue weighted by molar-refractivity contribution is 6.31. The first-order valence-corrected chi connectivity index (χ1v) is 7.62. The van der Waals surface area contributed by atoms with Crippen LogP contribution in [-0.4, -0.2) is 18.6 Å². The van der Waals surface area contributed by atoms with E-state index >= 15 is 0 Å². The highest BCUT2D eigenvalue weighted by atomic mass is 35.5. The summed E-state index contributed by atoms with van der Waals surface area (Å²) in [5.74, 6) is 0. The summed E-state index contributed by atoms with van der Waals surface area (Å²) in [5.41, 5.74) is 5.04. The van der Waals surface area contributed by atoms with E-state index in [4.69, 9.17) is 11.6 Å². The molecule has 0 saturated heterocycles. The van der Waals surface area contributed by atoms with Crippen molar-refractivity contribution in [2.45, 2.75) is 52.7 Å². The lowest BCUT2D eigenvalue weighted by atomic mass is 9.87. The van der Waals surface area contributed by atoms with E-state index in [0.717, 1.165) is 17.1 Å². The highest BCUT2D eigenvalue weighted by Gasteiger charge is 2.33. The van der Waals surface area contributed by atoms with Crippen LogP contribution in [-0.2, 0) is 6.54 Å². The average Bonchev–Trinajstić information content (AvgIpc) is 2.29. The fourth-order valence-electron chi connectivity index (χ4n) is 3.38. The van der Waals surface area contributed by atoms with Crippen LogP contribution in [0.4, 0.5) is 5.69 Å². The van der Waals surface area contributed by atoms with Crippen molar-refractivity contribution in [2.24, 2.45) is 0 Å². The number of rotatable bonds is 3. The number of benzene rings is 1. The molecule has 1 aromatic carbocycles. The van der Waals surface area contributed by atoms with E-state index in [1.54, 1.807) is 0 Å². The number of nitrogens with one attached hydrogen (secondary N) is 1. The van der Waals surface area contributed by atoms with E-state index < -0.39 is 0 Å². The first-order valence-electron chi connectivity index (χ1n) is 7.24. The van der Waals surface area contributed by atoms with Crippen molar-refractivity contribution in [1.82, 2.24) is 5.32 Å². The minimum Gasteiger partial charge on any atom is -0.360 e. The predicted octanol–water partition coefficient (Wildman–Crippen LogP) is 4.47. The van der Waals surface area contributed by atoms with Gasteiger partial charge in [0.05, 0.1) is 5.54 Å². The number of halogens is 1. The fraction of sp³-hybridized carbons (Fsp3) is 0.529. The number of anilines is 1. The largest absolute Gasteiger partial charge is 0.360 e. The summed E-state index contributed by atoms with van der Waals surface area (Å²) in [6.45, 7) is 12.0. The van der Waals surface area contributed by atoms with Gasteiger partial charge in [0.2, 0.25) is 0 Å². The third-order valence-electron chi connectivity index (χ3n) is 3.92. The standard InChI is InChI=1S/C17H25ClN2/c1-11(2)20-16-8-15(18)13(10-19-6)7-14(16)12(3)9-17(20,4)5/h7-9,11,19H,10H2,1-6H3. The van der Waals surface area contributed by atoms with Crippen LogP contribution in [0.5, 0.6) is 0 Å². The Hall–Kier alpha value is -0.990. The Balaban J connectivity index is 2.63. The Labute approximate surface area is 127 Å². The van der Waals surface area contributed by atoms with Gasteiger partial charge in [0.15, 0.2) is 0 Å². The van der Waals surface area contributed by atoms with Crippen molar-refractivity contribution in [1.29, 1.82) is 0 Å². The second-order valence-electron chi connectivity index (χ2n) is 6.44. The summed E-state index contributed by atoms with van der Waals surface area (Å²) < 4.78 is 0. The van der Waals surface area contributed by atoms with Crippen molar-refractivity contribution in [3.05, 3.63) is 34.4 Å². The van der Waals surface area contributed by atoms with E-state index in [0.29, 0.717) is 6.04 Å². The van der Waals surface area contributed by atoms with Crippen LogP contribution in [0.2, 0.25) is 5.02 Å². The molecule has 0 fully saturated rings. The number of hydrogen-bond donors (Lipinski definition) is 1. The zero-order valence-corrected chi connectivity index (χ0v) is 14.1. The molecule has 0 amide bonds. The van der Waals surface area contributed by atoms with Crippen LogP contribution in [0.15, 0.2) is 18.2 Å². The number of hydrogen-bond acceptors (Lipinski definition) is 2. The molecule has 0 unspecified atom stereocenters. The maximum absolute atomic E-state index is 6.46. The van der Waals surface area contributed by atoms with E-state index in [9.17, 15) is 0 Å². The Kier molecular flexibility index (Phi) is 4.17. The summed E-state index contributed by atoms with van der Waals surface area (Å²) in [6.07, 6.45) is 2.35. The van der Waals surface area contributed by atoms with Gasteiger partial charge >= 0.3 is 0 Å². The second-order valence-corrected chi connectivity index (χ2v) is 6.84. The van der Waals surface area contributed by atoms with Gasteiger partial charge in [-0.3, -0.25) is 0 Å². The third-order valence-corrected chi connectivity index (χ3v) is 4.28. The van der Waals surface area contributed by atoms with Crippen LogP contribution in [0, 0.1) is 0 Å². The number of nitrogens with zero attached hydrogens (tertiary/aromatic N) is 1. The van der Waals surface area contributed by atoms with Crippen molar-refractivity contribution in [2.75, 3.05) is 11.9 Å². The van der Waals surface area contributed by atoms with Crippen LogP contribution in [0.1, 0.15) is 45.7 Å². The molecule has 0 aromatic heterocycles. The van der Waals surface area contributed by atoms with Gasteiger partial charge in [-0.1, -0.05) is 17.7 Å². The molecule has 3 heteroatoms. The van der Waals surface area contributed by atoms with Crippen molar-refractivity contribution < 1.29 is 0 Å². The van der Waals surface area contributed by atoms with Gasteiger partial charge in [-0.25, -0.2) is 0 Å². The normalized spacial score (nSPS) is 17.2. The van der Waals surface area contributed by atoms with Gasteiger partial charge in [0.1, 0.15) is 0 Å². The molecular formula is C17H25ClN2. The Morgan fingerprint density at radius 1 is 1.30 bits per heavy atom. The maximum atomic E-state index is 6.46. The van der Waals surface area contributed by atoms with Gasteiger partial charge in [-0.15, -0.1) is 0 Å². The van der Waals surface area contributed by atoms with Crippen LogP contribution in [0.25, 0.3) is 5.57 Å². The summed E-state index contributed by atoms with van der Waals surface area (Å²) in [7, 11) is 1.95. The van der Waals surface area contributed by atoms with Gasteiger partial charge in [-0.05, 0) is 64.9 Å². The maximum Gasteiger partial charge on any atom is 0.0537 e. The van der Waals surface area contributed by atoms with Crippen LogP contribution < -0.4 is 10.2 Å². The molecule has 2 rings (SSSR count). The zero-order chi connectivity index (χ0) is 15.1. The van der Waals surface area contributed by atoms with Gasteiger partial charge in [0.25, 0.3) is 0 Å². The van der Waals surface area contributed by atoms with E-state index in [-0.39, 0.29) is 5.54 Å². The molecule has 0 atom stereocenters. The van der Waals surface area contributed by atoms with E-state index in [1.165, 1.54) is 16.8 Å². The lowest BCUT2D eigenvalue weighted by Crippen LogP contribution is -2.49. The lowest BCUT2D eigenvalue weighted by Gasteiger charge is -2.46. The van der Waals surface area contributed by atoms with E-state index in [2.05, 4.69) is 63.0 Å². The Bertz CT molecular complexity index is 544. The summed E-state index contributed by atoms with van der Waals surface area (Å²) in [5, 5.41) is 4.02. The molecule has 1 N–H and O–H groups in total. The molecule has 0 bridgehead atoms. The molecule has 1 aliphatic heterocycles. The Morgan fingerprint density at radius 2 is 1.95 bits per heavy atom. The fourth-order valence-corrected chi connectivity index (χ4v) is 3.60. The summed E-state index contributed by atoms with van der Waals surface area (Å²) >= 11 is 6.46. The minimum absolute atomic E-state index is 0.0130. The first-order chi connectivity index (χ1) is 9.27. The second kappa shape index (κ2) is 5.42. The number of allylic oxidation sites excluding steroid dienone is 1. The topological polar surface area (TPSA) is 15.3 Å². The van der Waals surface area contributed by atoms with Crippen LogP contribution >= 0.6 is 11.6 Å². The summed E-state index contributed by atoms with van der Waals surface area (Å²) in [4.78, 5) is 2.45. The summed E-state index contributed by atoms with van der Waals surface area (Å²) in [6, 6.07) is 4.78. The molecule has 1 aliphatic rings. The average molecular weight is 293 g/mol.